The predicted molar refractivity (Wildman–Crippen MR) is 119 cm³/mol. The van der Waals surface area contributed by atoms with Crippen molar-refractivity contribution in [3.05, 3.63) is 35.4 Å². The van der Waals surface area contributed by atoms with E-state index in [1.165, 1.54) is 11.1 Å². The largest absolute Gasteiger partial charge is 0.357 e. The molecule has 2 rings (SSSR count). The molecule has 1 aromatic carbocycles. The summed E-state index contributed by atoms with van der Waals surface area (Å²) in [5.74, 6) is 1.15. The summed E-state index contributed by atoms with van der Waals surface area (Å²) in [4.78, 5) is 18.8. The van der Waals surface area contributed by atoms with Crippen molar-refractivity contribution in [3.63, 3.8) is 0 Å². The number of nitrogens with one attached hydrogen (secondary N) is 2. The smallest absolute Gasteiger partial charge is 0.225 e. The Morgan fingerprint density at radius 1 is 1.35 bits per heavy atom. The van der Waals surface area contributed by atoms with Gasteiger partial charge in [-0.2, -0.15) is 0 Å². The van der Waals surface area contributed by atoms with Crippen LogP contribution in [0.4, 0.5) is 0 Å². The normalized spacial score (nSPS) is 17.2. The molecule has 2 N–H and O–H groups in total. The van der Waals surface area contributed by atoms with Crippen molar-refractivity contribution in [1.82, 2.24) is 15.5 Å². The minimum Gasteiger partial charge on any atom is -0.357 e. The minimum atomic E-state index is 0. The topological polar surface area (TPSA) is 56.7 Å². The van der Waals surface area contributed by atoms with Gasteiger partial charge in [0.1, 0.15) is 0 Å². The first kappa shape index (κ1) is 22.7. The average Bonchev–Trinajstić information content (AvgIpc) is 3.04. The number of amides is 1. The maximum atomic E-state index is 12.1. The Labute approximate surface area is 175 Å². The Bertz CT molecular complexity index is 603. The third kappa shape index (κ3) is 6.78. The maximum absolute atomic E-state index is 12.1. The third-order valence-electron chi connectivity index (χ3n) is 4.59. The van der Waals surface area contributed by atoms with Gasteiger partial charge in [0, 0.05) is 38.1 Å². The Balaban J connectivity index is 0.00000338. The van der Waals surface area contributed by atoms with E-state index in [1.807, 2.05) is 18.7 Å². The van der Waals surface area contributed by atoms with Crippen molar-refractivity contribution >= 4 is 35.8 Å². The van der Waals surface area contributed by atoms with Gasteiger partial charge >= 0.3 is 0 Å². The number of guanidine groups is 1. The molecule has 26 heavy (non-hydrogen) atoms. The van der Waals surface area contributed by atoms with Crippen molar-refractivity contribution in [2.45, 2.75) is 46.6 Å². The molecule has 1 saturated heterocycles. The van der Waals surface area contributed by atoms with Crippen LogP contribution in [-0.2, 0) is 11.2 Å². The standard InChI is InChI=1S/C20H32N4O.HI/c1-5-21-20(22-12-10-17-9-7-6-8-16(17)4)23-18-11-13-24(14-18)19(25)15(2)3;/h6-9,15,18H,5,10-14H2,1-4H3,(H2,21,22,23);1H. The molecule has 1 aliphatic heterocycles. The fraction of sp³-hybridized carbons (Fsp3) is 0.600. The van der Waals surface area contributed by atoms with Crippen molar-refractivity contribution < 1.29 is 4.79 Å². The van der Waals surface area contributed by atoms with Crippen molar-refractivity contribution in [2.75, 3.05) is 26.2 Å². The van der Waals surface area contributed by atoms with Crippen LogP contribution in [0.2, 0.25) is 0 Å². The molecule has 0 saturated carbocycles. The Morgan fingerprint density at radius 3 is 2.73 bits per heavy atom. The quantitative estimate of drug-likeness (QED) is 0.380. The number of carbonyl (C=O) groups is 1. The van der Waals surface area contributed by atoms with Crippen LogP contribution in [0.5, 0.6) is 0 Å². The van der Waals surface area contributed by atoms with Gasteiger partial charge in [-0.15, -0.1) is 24.0 Å². The number of rotatable bonds is 6. The molecule has 1 atom stereocenters. The molecule has 0 bridgehead atoms. The summed E-state index contributed by atoms with van der Waals surface area (Å²) < 4.78 is 0. The van der Waals surface area contributed by atoms with Crippen LogP contribution < -0.4 is 10.6 Å². The molecule has 0 radical (unpaired) electrons. The lowest BCUT2D eigenvalue weighted by Gasteiger charge is -2.20. The van der Waals surface area contributed by atoms with Gasteiger partial charge in [0.25, 0.3) is 0 Å². The van der Waals surface area contributed by atoms with Crippen LogP contribution in [0, 0.1) is 12.8 Å². The SMILES string of the molecule is CCNC(=NCCc1ccccc1C)NC1CCN(C(=O)C(C)C)C1.I. The van der Waals surface area contributed by atoms with E-state index in [0.717, 1.165) is 45.0 Å². The van der Waals surface area contributed by atoms with Crippen molar-refractivity contribution in [1.29, 1.82) is 0 Å². The molecule has 1 amide bonds. The number of carbonyl (C=O) groups excluding carboxylic acids is 1. The second kappa shape index (κ2) is 11.4. The van der Waals surface area contributed by atoms with E-state index in [2.05, 4.69) is 48.7 Å². The first-order valence-corrected chi connectivity index (χ1v) is 9.39. The highest BCUT2D eigenvalue weighted by Gasteiger charge is 2.27. The average molecular weight is 472 g/mol. The van der Waals surface area contributed by atoms with Crippen LogP contribution in [0.15, 0.2) is 29.3 Å². The van der Waals surface area contributed by atoms with Crippen molar-refractivity contribution in [2.24, 2.45) is 10.9 Å². The van der Waals surface area contributed by atoms with E-state index < -0.39 is 0 Å². The predicted octanol–water partition coefficient (Wildman–Crippen LogP) is 2.97. The van der Waals surface area contributed by atoms with Crippen LogP contribution in [0.1, 0.15) is 38.3 Å². The first-order valence-electron chi connectivity index (χ1n) is 9.39. The number of likely N-dealkylation sites (tertiary alicyclic amines) is 1. The Kier molecular flexibility index (Phi) is 9.98. The summed E-state index contributed by atoms with van der Waals surface area (Å²) in [6.45, 7) is 11.3. The van der Waals surface area contributed by atoms with Crippen molar-refractivity contribution in [3.8, 4) is 0 Å². The van der Waals surface area contributed by atoms with Gasteiger partial charge < -0.3 is 15.5 Å². The second-order valence-electron chi connectivity index (χ2n) is 7.01. The molecule has 0 spiro atoms. The number of hydrogen-bond acceptors (Lipinski definition) is 2. The molecule has 1 fully saturated rings. The molecule has 1 unspecified atom stereocenters. The van der Waals surface area contributed by atoms with Crippen LogP contribution in [0.25, 0.3) is 0 Å². The van der Waals surface area contributed by atoms with E-state index >= 15 is 0 Å². The van der Waals surface area contributed by atoms with Gasteiger partial charge in [-0.3, -0.25) is 9.79 Å². The lowest BCUT2D eigenvalue weighted by Crippen LogP contribution is -2.45. The molecule has 6 heteroatoms. The molecule has 1 aromatic rings. The lowest BCUT2D eigenvalue weighted by atomic mass is 10.1. The summed E-state index contributed by atoms with van der Waals surface area (Å²) in [6.07, 6.45) is 1.91. The molecule has 1 heterocycles. The Morgan fingerprint density at radius 2 is 2.08 bits per heavy atom. The number of nitrogens with zero attached hydrogens (tertiary/aromatic N) is 2. The third-order valence-corrected chi connectivity index (χ3v) is 4.59. The summed E-state index contributed by atoms with van der Waals surface area (Å²) in [6, 6.07) is 8.73. The highest BCUT2D eigenvalue weighted by Crippen LogP contribution is 2.13. The van der Waals surface area contributed by atoms with Gasteiger partial charge in [0.05, 0.1) is 0 Å². The summed E-state index contributed by atoms with van der Waals surface area (Å²) >= 11 is 0. The maximum Gasteiger partial charge on any atom is 0.225 e. The number of benzene rings is 1. The number of hydrogen-bond donors (Lipinski definition) is 2. The zero-order valence-corrected chi connectivity index (χ0v) is 18.7. The second-order valence-corrected chi connectivity index (χ2v) is 7.01. The van der Waals surface area contributed by atoms with Crippen LogP contribution in [0.3, 0.4) is 0 Å². The van der Waals surface area contributed by atoms with Gasteiger partial charge in [-0.25, -0.2) is 0 Å². The minimum absolute atomic E-state index is 0. The summed E-state index contributed by atoms with van der Waals surface area (Å²) in [5.41, 5.74) is 2.66. The van der Waals surface area contributed by atoms with Crippen LogP contribution in [-0.4, -0.2) is 49.0 Å². The molecule has 0 aliphatic carbocycles. The first-order chi connectivity index (χ1) is 12.0. The number of aryl methyl sites for hydroxylation is 1. The molecule has 1 aliphatic rings. The van der Waals surface area contributed by atoms with E-state index in [0.29, 0.717) is 0 Å². The van der Waals surface area contributed by atoms with E-state index in [1.54, 1.807) is 0 Å². The number of aliphatic imine (C=N–C) groups is 1. The lowest BCUT2D eigenvalue weighted by molar-refractivity contribution is -0.133. The van der Waals surface area contributed by atoms with Gasteiger partial charge in [0.15, 0.2) is 5.96 Å². The fourth-order valence-electron chi connectivity index (χ4n) is 3.14. The molecule has 0 aromatic heterocycles. The summed E-state index contributed by atoms with van der Waals surface area (Å²) in [5, 5.41) is 6.80. The van der Waals surface area contributed by atoms with E-state index in [4.69, 9.17) is 4.99 Å². The van der Waals surface area contributed by atoms with Gasteiger partial charge in [0.2, 0.25) is 5.91 Å². The molecular formula is C20H33IN4O. The fourth-order valence-corrected chi connectivity index (χ4v) is 3.14. The molecular weight excluding hydrogens is 439 g/mol. The Hall–Kier alpha value is -1.31. The van der Waals surface area contributed by atoms with E-state index in [9.17, 15) is 4.79 Å². The highest BCUT2D eigenvalue weighted by atomic mass is 127. The van der Waals surface area contributed by atoms with E-state index in [-0.39, 0.29) is 41.8 Å². The zero-order chi connectivity index (χ0) is 18.2. The van der Waals surface area contributed by atoms with Gasteiger partial charge in [-0.05, 0) is 37.8 Å². The molecule has 5 nitrogen and oxygen atoms in total. The highest BCUT2D eigenvalue weighted by molar-refractivity contribution is 14.0. The molecule has 146 valence electrons. The zero-order valence-electron chi connectivity index (χ0n) is 16.4. The van der Waals surface area contributed by atoms with Crippen LogP contribution >= 0.6 is 24.0 Å². The monoisotopic (exact) mass is 472 g/mol. The number of halogens is 1. The summed E-state index contributed by atoms with van der Waals surface area (Å²) in [7, 11) is 0. The van der Waals surface area contributed by atoms with Gasteiger partial charge in [-0.1, -0.05) is 38.1 Å².